The standard InChI is InChI=1S/C19H21ClN2O2S/c1-12-10-14-8-9-22(12)11-16(14)21-19(23)13-2-4-15(5-3-13)25-18-7-6-17(20)24-18/h2-7,12,14,16H,8-11H2,1H3,(H,21,23). The van der Waals surface area contributed by atoms with Crippen LogP contribution in [0.4, 0.5) is 0 Å². The molecule has 25 heavy (non-hydrogen) atoms. The van der Waals surface area contributed by atoms with Crippen LogP contribution in [0.1, 0.15) is 30.1 Å². The second-order valence-electron chi connectivity index (χ2n) is 6.89. The first-order valence-electron chi connectivity index (χ1n) is 8.66. The highest BCUT2D eigenvalue weighted by Gasteiger charge is 2.38. The number of nitrogens with zero attached hydrogens (tertiary/aromatic N) is 1. The molecule has 6 heteroatoms. The van der Waals surface area contributed by atoms with Crippen LogP contribution in [0.5, 0.6) is 0 Å². The summed E-state index contributed by atoms with van der Waals surface area (Å²) < 4.78 is 5.35. The van der Waals surface area contributed by atoms with E-state index in [2.05, 4.69) is 17.1 Å². The van der Waals surface area contributed by atoms with Gasteiger partial charge < -0.3 is 9.73 Å². The van der Waals surface area contributed by atoms with Gasteiger partial charge in [-0.25, -0.2) is 0 Å². The summed E-state index contributed by atoms with van der Waals surface area (Å²) in [5, 5.41) is 4.36. The van der Waals surface area contributed by atoms with Crippen molar-refractivity contribution in [3.8, 4) is 0 Å². The van der Waals surface area contributed by atoms with Gasteiger partial charge in [0, 0.05) is 29.1 Å². The van der Waals surface area contributed by atoms with Gasteiger partial charge in [0.05, 0.1) is 0 Å². The van der Waals surface area contributed by atoms with Crippen LogP contribution < -0.4 is 5.32 Å². The van der Waals surface area contributed by atoms with Crippen molar-refractivity contribution in [2.45, 2.75) is 41.8 Å². The van der Waals surface area contributed by atoms with E-state index in [0.717, 1.165) is 16.5 Å². The summed E-state index contributed by atoms with van der Waals surface area (Å²) in [4.78, 5) is 16.1. The van der Waals surface area contributed by atoms with Crippen LogP contribution in [0.3, 0.4) is 0 Å². The Labute approximate surface area is 156 Å². The number of benzene rings is 1. The molecule has 4 nitrogen and oxygen atoms in total. The molecule has 3 aliphatic rings. The maximum absolute atomic E-state index is 12.6. The Kier molecular flexibility index (Phi) is 4.80. The van der Waals surface area contributed by atoms with Crippen molar-refractivity contribution in [1.82, 2.24) is 10.2 Å². The van der Waals surface area contributed by atoms with Gasteiger partial charge in [0.25, 0.3) is 5.91 Å². The number of piperidine rings is 3. The van der Waals surface area contributed by atoms with Crippen molar-refractivity contribution < 1.29 is 9.21 Å². The third-order valence-corrected chi connectivity index (χ3v) is 6.39. The lowest BCUT2D eigenvalue weighted by atomic mass is 9.80. The van der Waals surface area contributed by atoms with Crippen molar-refractivity contribution in [2.75, 3.05) is 13.1 Å². The lowest BCUT2D eigenvalue weighted by molar-refractivity contribution is 0.0274. The number of carbonyl (C=O) groups is 1. The highest BCUT2D eigenvalue weighted by atomic mass is 35.5. The monoisotopic (exact) mass is 376 g/mol. The average Bonchev–Trinajstić information content (AvgIpc) is 3.01. The van der Waals surface area contributed by atoms with E-state index >= 15 is 0 Å². The smallest absolute Gasteiger partial charge is 0.251 e. The van der Waals surface area contributed by atoms with Gasteiger partial charge in [-0.3, -0.25) is 9.69 Å². The van der Waals surface area contributed by atoms with E-state index in [0.29, 0.717) is 22.7 Å². The Bertz CT molecular complexity index is 761. The minimum absolute atomic E-state index is 0.0176. The van der Waals surface area contributed by atoms with Crippen molar-refractivity contribution in [2.24, 2.45) is 5.92 Å². The number of halogens is 1. The highest BCUT2D eigenvalue weighted by molar-refractivity contribution is 7.99. The molecular formula is C19H21ClN2O2S. The Balaban J connectivity index is 1.37. The number of fused-ring (bicyclic) bond motifs is 3. The first kappa shape index (κ1) is 17.0. The van der Waals surface area contributed by atoms with Crippen LogP contribution in [0, 0.1) is 5.92 Å². The molecule has 1 N–H and O–H groups in total. The zero-order valence-electron chi connectivity index (χ0n) is 14.1. The fourth-order valence-electron chi connectivity index (χ4n) is 3.85. The summed E-state index contributed by atoms with van der Waals surface area (Å²) in [5.41, 5.74) is 0.700. The van der Waals surface area contributed by atoms with Crippen LogP contribution >= 0.6 is 23.4 Å². The Morgan fingerprint density at radius 3 is 2.68 bits per heavy atom. The SMILES string of the molecule is CC1CC2CCN1CC2NC(=O)c1ccc(Sc2ccc(Cl)o2)cc1. The molecule has 2 aromatic rings. The molecule has 0 aliphatic carbocycles. The van der Waals surface area contributed by atoms with E-state index in [1.807, 2.05) is 30.3 Å². The predicted octanol–water partition coefficient (Wildman–Crippen LogP) is 4.30. The molecular weight excluding hydrogens is 356 g/mol. The number of amides is 1. The van der Waals surface area contributed by atoms with Gasteiger partial charge in [0.1, 0.15) is 0 Å². The topological polar surface area (TPSA) is 45.5 Å². The number of hydrogen-bond acceptors (Lipinski definition) is 4. The number of rotatable bonds is 4. The predicted molar refractivity (Wildman–Crippen MR) is 99.3 cm³/mol. The maximum Gasteiger partial charge on any atom is 0.251 e. The highest BCUT2D eigenvalue weighted by Crippen LogP contribution is 2.33. The lowest BCUT2D eigenvalue weighted by Gasteiger charge is -2.48. The zero-order valence-corrected chi connectivity index (χ0v) is 15.6. The number of carbonyl (C=O) groups excluding carboxylic acids is 1. The molecule has 3 aliphatic heterocycles. The zero-order chi connectivity index (χ0) is 17.4. The van der Waals surface area contributed by atoms with E-state index in [1.54, 1.807) is 6.07 Å². The summed E-state index contributed by atoms with van der Waals surface area (Å²) >= 11 is 7.27. The molecule has 132 valence electrons. The van der Waals surface area contributed by atoms with E-state index < -0.39 is 0 Å². The molecule has 0 spiro atoms. The number of furan rings is 1. The first-order valence-corrected chi connectivity index (χ1v) is 9.86. The van der Waals surface area contributed by atoms with E-state index in [1.165, 1.54) is 31.1 Å². The lowest BCUT2D eigenvalue weighted by Crippen LogP contribution is -2.60. The van der Waals surface area contributed by atoms with Crippen LogP contribution in [-0.4, -0.2) is 36.0 Å². The van der Waals surface area contributed by atoms with Gasteiger partial charge in [-0.15, -0.1) is 0 Å². The molecule has 5 rings (SSSR count). The van der Waals surface area contributed by atoms with Crippen molar-refractivity contribution in [3.05, 3.63) is 47.2 Å². The summed E-state index contributed by atoms with van der Waals surface area (Å²) in [6.45, 7) is 4.43. The normalized spacial score (nSPS) is 28.1. The van der Waals surface area contributed by atoms with E-state index in [4.69, 9.17) is 16.0 Å². The summed E-state index contributed by atoms with van der Waals surface area (Å²) in [5.74, 6) is 0.631. The van der Waals surface area contributed by atoms with Gasteiger partial charge >= 0.3 is 0 Å². The fraction of sp³-hybridized carbons (Fsp3) is 0.421. The summed E-state index contributed by atoms with van der Waals surface area (Å²) in [6, 6.07) is 12.1. The molecule has 3 fully saturated rings. The first-order chi connectivity index (χ1) is 12.1. The third kappa shape index (κ3) is 3.73. The van der Waals surface area contributed by atoms with Gasteiger partial charge in [-0.2, -0.15) is 0 Å². The van der Waals surface area contributed by atoms with Crippen molar-refractivity contribution >= 4 is 29.3 Å². The minimum atomic E-state index is 0.0176. The van der Waals surface area contributed by atoms with Crippen LogP contribution in [0.15, 0.2) is 50.8 Å². The van der Waals surface area contributed by atoms with Gasteiger partial charge in [0.15, 0.2) is 10.3 Å². The van der Waals surface area contributed by atoms with Gasteiger partial charge in [0.2, 0.25) is 0 Å². The molecule has 2 bridgehead atoms. The molecule has 4 heterocycles. The quantitative estimate of drug-likeness (QED) is 0.864. The molecule has 0 radical (unpaired) electrons. The molecule has 4 atom stereocenters. The van der Waals surface area contributed by atoms with Gasteiger partial charge in [-0.1, -0.05) is 11.8 Å². The fourth-order valence-corrected chi connectivity index (χ4v) is 4.82. The molecule has 4 unspecified atom stereocenters. The second-order valence-corrected chi connectivity index (χ2v) is 8.34. The molecule has 1 aromatic carbocycles. The average molecular weight is 377 g/mol. The Morgan fingerprint density at radius 1 is 1.28 bits per heavy atom. The summed E-state index contributed by atoms with van der Waals surface area (Å²) in [7, 11) is 0. The van der Waals surface area contributed by atoms with Crippen LogP contribution in [0.2, 0.25) is 5.22 Å². The molecule has 1 aromatic heterocycles. The Morgan fingerprint density at radius 2 is 2.08 bits per heavy atom. The minimum Gasteiger partial charge on any atom is -0.438 e. The third-order valence-electron chi connectivity index (χ3n) is 5.25. The largest absolute Gasteiger partial charge is 0.438 e. The maximum atomic E-state index is 12.6. The van der Waals surface area contributed by atoms with E-state index in [-0.39, 0.29) is 11.9 Å². The number of nitrogens with one attached hydrogen (secondary N) is 1. The second kappa shape index (κ2) is 7.06. The van der Waals surface area contributed by atoms with Gasteiger partial charge in [-0.05, 0) is 80.2 Å². The van der Waals surface area contributed by atoms with Crippen molar-refractivity contribution in [1.29, 1.82) is 0 Å². The number of hydrogen-bond donors (Lipinski definition) is 1. The van der Waals surface area contributed by atoms with Crippen molar-refractivity contribution in [3.63, 3.8) is 0 Å². The Hall–Kier alpha value is -1.43. The summed E-state index contributed by atoms with van der Waals surface area (Å²) in [6.07, 6.45) is 2.38. The molecule has 1 amide bonds. The molecule has 0 saturated carbocycles. The van der Waals surface area contributed by atoms with Crippen LogP contribution in [0.25, 0.3) is 0 Å². The van der Waals surface area contributed by atoms with E-state index in [9.17, 15) is 4.79 Å². The molecule has 3 saturated heterocycles. The van der Waals surface area contributed by atoms with Crippen LogP contribution in [-0.2, 0) is 0 Å².